The fraction of sp³-hybridized carbons (Fsp3) is 0.121. The number of nitrogens with zero attached hydrogens (tertiary/aromatic N) is 6. The second kappa shape index (κ2) is 10.8. The molecule has 3 aromatic heterocycles. The molecule has 0 fully saturated rings. The molecular formula is C33H26N6O6. The molecule has 6 rings (SSSR count). The maximum atomic E-state index is 13.6. The van der Waals surface area contributed by atoms with E-state index in [0.29, 0.717) is 22.5 Å². The van der Waals surface area contributed by atoms with Crippen molar-refractivity contribution in [1.29, 1.82) is 0 Å². The predicted octanol–water partition coefficient (Wildman–Crippen LogP) is 2.68. The molecule has 12 nitrogen and oxygen atoms in total. The van der Waals surface area contributed by atoms with E-state index >= 15 is 0 Å². The molecule has 0 bridgehead atoms. The molecule has 2 aromatic carbocycles. The van der Waals surface area contributed by atoms with Gasteiger partial charge in [0.1, 0.15) is 0 Å². The van der Waals surface area contributed by atoms with Crippen LogP contribution in [0.3, 0.4) is 0 Å². The summed E-state index contributed by atoms with van der Waals surface area (Å²) in [6, 6.07) is 17.4. The zero-order valence-electron chi connectivity index (χ0n) is 24.7. The van der Waals surface area contributed by atoms with Gasteiger partial charge in [0.15, 0.2) is 11.1 Å². The smallest absolute Gasteiger partial charge is 0.282 e. The fourth-order valence-electron chi connectivity index (χ4n) is 5.50. The van der Waals surface area contributed by atoms with E-state index in [-0.39, 0.29) is 38.7 Å². The summed E-state index contributed by atoms with van der Waals surface area (Å²) >= 11 is 0. The minimum atomic E-state index is -0.690. The van der Waals surface area contributed by atoms with Crippen LogP contribution in [0.15, 0.2) is 81.4 Å². The van der Waals surface area contributed by atoms with Gasteiger partial charge in [0.2, 0.25) is 17.7 Å². The number of anilines is 1. The Labute approximate surface area is 254 Å². The van der Waals surface area contributed by atoms with Crippen LogP contribution in [0.25, 0.3) is 28.9 Å². The summed E-state index contributed by atoms with van der Waals surface area (Å²) in [6.07, 6.45) is 4.22. The van der Waals surface area contributed by atoms with E-state index in [9.17, 15) is 29.1 Å². The maximum absolute atomic E-state index is 13.6. The maximum Gasteiger partial charge on any atom is 0.282 e. The highest BCUT2D eigenvalue weighted by molar-refractivity contribution is 6.08. The lowest BCUT2D eigenvalue weighted by molar-refractivity contribution is 0.0921. The van der Waals surface area contributed by atoms with Crippen molar-refractivity contribution in [3.05, 3.63) is 120 Å². The number of aromatic nitrogens is 4. The van der Waals surface area contributed by atoms with E-state index in [2.05, 4.69) is 10.2 Å². The van der Waals surface area contributed by atoms with Crippen molar-refractivity contribution in [2.45, 2.75) is 27.7 Å². The van der Waals surface area contributed by atoms with Crippen LogP contribution >= 0.6 is 0 Å². The molecule has 0 aliphatic carbocycles. The number of para-hydroxylation sites is 2. The number of aromatic hydroxyl groups is 1. The Morgan fingerprint density at radius 2 is 1.40 bits per heavy atom. The van der Waals surface area contributed by atoms with Crippen molar-refractivity contribution < 1.29 is 19.5 Å². The number of hydrogen-bond donors (Lipinski definition) is 1. The summed E-state index contributed by atoms with van der Waals surface area (Å²) in [6.45, 7) is 5.62. The van der Waals surface area contributed by atoms with Crippen molar-refractivity contribution in [2.24, 2.45) is 5.10 Å². The van der Waals surface area contributed by atoms with Gasteiger partial charge in [-0.1, -0.05) is 42.5 Å². The van der Waals surface area contributed by atoms with E-state index in [1.54, 1.807) is 74.5 Å². The minimum Gasteiger partial charge on any atom is -0.493 e. The second-order valence-corrected chi connectivity index (χ2v) is 10.4. The van der Waals surface area contributed by atoms with Crippen molar-refractivity contribution in [3.8, 4) is 11.6 Å². The minimum absolute atomic E-state index is 0.00322. The molecule has 1 amide bonds. The third-order valence-corrected chi connectivity index (χ3v) is 7.67. The summed E-state index contributed by atoms with van der Waals surface area (Å²) in [5, 5.41) is 21.2. The topological polar surface area (TPSA) is 149 Å². The summed E-state index contributed by atoms with van der Waals surface area (Å²) in [5.74, 6) is -1.99. The summed E-state index contributed by atoms with van der Waals surface area (Å²) in [7, 11) is 0. The zero-order chi connectivity index (χ0) is 32.2. The fourth-order valence-corrected chi connectivity index (χ4v) is 5.50. The van der Waals surface area contributed by atoms with Crippen molar-refractivity contribution in [2.75, 3.05) is 5.01 Å². The van der Waals surface area contributed by atoms with Crippen molar-refractivity contribution in [1.82, 2.24) is 18.9 Å². The Hall–Kier alpha value is -6.17. The Balaban J connectivity index is 1.54. The molecule has 0 atom stereocenters. The standard InChI is InChI=1S/C33H26N6O6/c1-18-24(30(42)36(20(3)40)28-26(18)32(44)38(34-28)22-12-7-5-8-13-22)16-11-17-25-19(2)27-29(37(21(4)41)31(25)43)35-39(33(27)45)23-14-9-6-10-15-23/h5-17,44H,1-4H3. The molecule has 1 aliphatic rings. The molecule has 0 spiro atoms. The van der Waals surface area contributed by atoms with Crippen molar-refractivity contribution >= 4 is 46.6 Å². The van der Waals surface area contributed by atoms with E-state index in [0.717, 1.165) is 14.1 Å². The Morgan fingerprint density at radius 1 is 0.800 bits per heavy atom. The average Bonchev–Trinajstić information content (AvgIpc) is 3.53. The molecule has 224 valence electrons. The third kappa shape index (κ3) is 4.50. The van der Waals surface area contributed by atoms with Gasteiger partial charge in [0.25, 0.3) is 17.0 Å². The SMILES string of the molecule is CC(=O)n1c2c(c(C)c(=CC=Cc3c(C)c4c(O)n(-c5ccccc5)nc4n(C(C)=O)c3=O)c1=O)C(=O)N(c1ccccc1)N=2. The monoisotopic (exact) mass is 602 g/mol. The lowest BCUT2D eigenvalue weighted by atomic mass is 10.1. The summed E-state index contributed by atoms with van der Waals surface area (Å²) < 4.78 is 2.97. The normalized spacial score (nSPS) is 13.1. The van der Waals surface area contributed by atoms with E-state index in [4.69, 9.17) is 0 Å². The first kappa shape index (κ1) is 28.9. The number of pyridine rings is 2. The number of benzene rings is 2. The largest absolute Gasteiger partial charge is 0.493 e. The number of fused-ring (bicyclic) bond motifs is 2. The second-order valence-electron chi connectivity index (χ2n) is 10.4. The van der Waals surface area contributed by atoms with Gasteiger partial charge in [-0.25, -0.2) is 9.13 Å². The van der Waals surface area contributed by atoms with Gasteiger partial charge in [-0.2, -0.15) is 9.69 Å². The average molecular weight is 603 g/mol. The van der Waals surface area contributed by atoms with Crippen LogP contribution < -0.4 is 26.8 Å². The van der Waals surface area contributed by atoms with Gasteiger partial charge in [0, 0.05) is 24.6 Å². The Kier molecular flexibility index (Phi) is 6.96. The summed E-state index contributed by atoms with van der Waals surface area (Å²) in [5.41, 5.74) is 0.409. The van der Waals surface area contributed by atoms with Gasteiger partial charge >= 0.3 is 0 Å². The number of amides is 1. The molecular weight excluding hydrogens is 576 g/mol. The molecule has 1 aliphatic heterocycles. The van der Waals surface area contributed by atoms with Gasteiger partial charge in [-0.05, 0) is 61.4 Å². The Morgan fingerprint density at radius 3 is 2.00 bits per heavy atom. The molecule has 4 heterocycles. The first-order valence-corrected chi connectivity index (χ1v) is 13.9. The molecule has 0 saturated heterocycles. The van der Waals surface area contributed by atoms with Crippen LogP contribution in [0.4, 0.5) is 5.69 Å². The molecule has 0 saturated carbocycles. The number of carbonyl (C=O) groups is 3. The van der Waals surface area contributed by atoms with Crippen LogP contribution in [0, 0.1) is 13.8 Å². The number of aryl methyl sites for hydroxylation is 1. The Bertz CT molecular complexity index is 2370. The van der Waals surface area contributed by atoms with E-state index < -0.39 is 28.8 Å². The zero-order valence-corrected chi connectivity index (χ0v) is 24.7. The summed E-state index contributed by atoms with van der Waals surface area (Å²) in [4.78, 5) is 65.8. The molecule has 45 heavy (non-hydrogen) atoms. The predicted molar refractivity (Wildman–Crippen MR) is 167 cm³/mol. The van der Waals surface area contributed by atoms with Crippen LogP contribution in [0.5, 0.6) is 5.88 Å². The number of carbonyl (C=O) groups excluding carboxylic acids is 3. The first-order chi connectivity index (χ1) is 21.5. The highest BCUT2D eigenvalue weighted by Crippen LogP contribution is 2.31. The van der Waals surface area contributed by atoms with Crippen LogP contribution in [-0.4, -0.2) is 41.7 Å². The van der Waals surface area contributed by atoms with E-state index in [1.807, 2.05) is 0 Å². The van der Waals surface area contributed by atoms with E-state index in [1.165, 1.54) is 36.8 Å². The number of rotatable bonds is 4. The number of hydrogen-bond acceptors (Lipinski definition) is 8. The quantitative estimate of drug-likeness (QED) is 0.333. The highest BCUT2D eigenvalue weighted by Gasteiger charge is 2.31. The van der Waals surface area contributed by atoms with Crippen LogP contribution in [-0.2, 0) is 0 Å². The first-order valence-electron chi connectivity index (χ1n) is 13.9. The lowest BCUT2D eigenvalue weighted by Gasteiger charge is -2.11. The molecule has 5 aromatic rings. The molecule has 12 heteroatoms. The number of allylic oxidation sites excluding steroid dienone is 1. The van der Waals surface area contributed by atoms with Crippen molar-refractivity contribution in [3.63, 3.8) is 0 Å². The van der Waals surface area contributed by atoms with Gasteiger partial charge in [-0.3, -0.25) is 24.0 Å². The van der Waals surface area contributed by atoms with Crippen LogP contribution in [0.1, 0.15) is 50.5 Å². The molecule has 0 unspecified atom stereocenters. The molecule has 1 N–H and O–H groups in total. The highest BCUT2D eigenvalue weighted by atomic mass is 16.3. The van der Waals surface area contributed by atoms with Gasteiger partial charge in [0.05, 0.1) is 22.3 Å². The molecule has 0 radical (unpaired) electrons. The van der Waals surface area contributed by atoms with Gasteiger partial charge in [-0.15, -0.1) is 10.2 Å². The third-order valence-electron chi connectivity index (χ3n) is 7.67. The van der Waals surface area contributed by atoms with Gasteiger partial charge < -0.3 is 5.11 Å². The van der Waals surface area contributed by atoms with Crippen LogP contribution in [0.2, 0.25) is 0 Å². The lowest BCUT2D eigenvalue weighted by Crippen LogP contribution is -2.48.